The third kappa shape index (κ3) is 4.14. The van der Waals surface area contributed by atoms with Crippen LogP contribution in [0.4, 0.5) is 5.69 Å². The number of nitrogens with zero attached hydrogens (tertiary/aromatic N) is 2. The number of nitrogens with one attached hydrogen (secondary N) is 1. The summed E-state index contributed by atoms with van der Waals surface area (Å²) in [6.45, 7) is 5.66. The van der Waals surface area contributed by atoms with Crippen molar-refractivity contribution in [3.8, 4) is 17.2 Å². The van der Waals surface area contributed by atoms with Crippen molar-refractivity contribution in [1.29, 1.82) is 0 Å². The second-order valence-corrected chi connectivity index (χ2v) is 9.29. The number of benzene rings is 2. The van der Waals surface area contributed by atoms with Crippen LogP contribution in [0.5, 0.6) is 11.5 Å². The van der Waals surface area contributed by atoms with Gasteiger partial charge in [0.25, 0.3) is 21.6 Å². The monoisotopic (exact) mass is 471 g/mol. The number of aromatic nitrogens is 1. The quantitative estimate of drug-likeness (QED) is 0.447. The molecule has 4 rings (SSSR count). The van der Waals surface area contributed by atoms with Crippen LogP contribution in [-0.4, -0.2) is 37.0 Å². The smallest absolute Gasteiger partial charge is 0.297 e. The molecule has 3 aromatic rings. The molecule has 0 radical (unpaired) electrons. The average molecular weight is 471 g/mol. The Kier molecular flexibility index (Phi) is 5.58. The van der Waals surface area contributed by atoms with Crippen molar-refractivity contribution < 1.29 is 27.6 Å². The maximum atomic E-state index is 12.9. The minimum Gasteiger partial charge on any atom is -0.486 e. The second-order valence-electron chi connectivity index (χ2n) is 7.61. The summed E-state index contributed by atoms with van der Waals surface area (Å²) in [5.74, 6) is -0.223. The molecule has 1 aliphatic rings. The first kappa shape index (κ1) is 22.3. The Labute approximate surface area is 190 Å². The van der Waals surface area contributed by atoms with E-state index < -0.39 is 20.9 Å². The number of rotatable bonds is 5. The van der Waals surface area contributed by atoms with Gasteiger partial charge >= 0.3 is 0 Å². The Morgan fingerprint density at radius 1 is 1.03 bits per heavy atom. The molecule has 0 atom stereocenters. The molecule has 0 aliphatic carbocycles. The summed E-state index contributed by atoms with van der Waals surface area (Å²) in [4.78, 5) is 24.0. The number of fused-ring (bicyclic) bond motifs is 1. The van der Waals surface area contributed by atoms with E-state index in [0.717, 1.165) is 5.56 Å². The highest BCUT2D eigenvalue weighted by Crippen LogP contribution is 2.39. The summed E-state index contributed by atoms with van der Waals surface area (Å²) in [7, 11) is -4.10. The van der Waals surface area contributed by atoms with E-state index in [2.05, 4.69) is 4.72 Å². The number of sulfonamides is 1. The number of ether oxygens (including phenoxy) is 2. The largest absolute Gasteiger partial charge is 0.486 e. The number of amides is 1. The summed E-state index contributed by atoms with van der Waals surface area (Å²) in [5.41, 5.74) is 1.74. The van der Waals surface area contributed by atoms with Gasteiger partial charge in [0.15, 0.2) is 11.5 Å². The van der Waals surface area contributed by atoms with Gasteiger partial charge < -0.3 is 14.0 Å². The molecule has 1 aromatic heterocycles. The lowest BCUT2D eigenvalue weighted by Gasteiger charge is -2.20. The molecule has 1 N–H and O–H groups in total. The van der Waals surface area contributed by atoms with E-state index in [1.54, 1.807) is 26.0 Å². The highest BCUT2D eigenvalue weighted by molar-refractivity contribution is 7.90. The first-order valence-corrected chi connectivity index (χ1v) is 11.5. The van der Waals surface area contributed by atoms with Crippen LogP contribution in [0.1, 0.15) is 27.3 Å². The standard InChI is InChI=1S/C22H21N3O7S/c1-13-4-6-16(7-5-13)33(29,30)23-22(26)17-10-14(2)24(15(17)3)18-11-20-21(32-9-8-31-20)12-19(18)25(27)28/h4-7,10-12H,8-9H2,1-3H3,(H,23,26). The molecule has 0 fully saturated rings. The van der Waals surface area contributed by atoms with Crippen molar-refractivity contribution in [2.75, 3.05) is 13.2 Å². The van der Waals surface area contributed by atoms with Crippen LogP contribution >= 0.6 is 0 Å². The van der Waals surface area contributed by atoms with Crippen LogP contribution in [0.3, 0.4) is 0 Å². The summed E-state index contributed by atoms with van der Waals surface area (Å²) >= 11 is 0. The minimum absolute atomic E-state index is 0.0438. The topological polar surface area (TPSA) is 130 Å². The summed E-state index contributed by atoms with van der Waals surface area (Å²) in [6.07, 6.45) is 0. The first-order chi connectivity index (χ1) is 15.6. The SMILES string of the molecule is Cc1ccc(S(=O)(=O)NC(=O)c2cc(C)n(-c3cc4c(cc3[N+](=O)[O-])OCCO4)c2C)cc1. The molecule has 0 saturated heterocycles. The third-order valence-corrected chi connectivity index (χ3v) is 6.66. The van der Waals surface area contributed by atoms with Crippen molar-refractivity contribution in [1.82, 2.24) is 9.29 Å². The van der Waals surface area contributed by atoms with Crippen molar-refractivity contribution in [2.45, 2.75) is 25.7 Å². The number of carbonyl (C=O) groups excluding carboxylic acids is 1. The Morgan fingerprint density at radius 3 is 2.24 bits per heavy atom. The lowest BCUT2D eigenvalue weighted by atomic mass is 10.2. The van der Waals surface area contributed by atoms with Crippen molar-refractivity contribution >= 4 is 21.6 Å². The highest BCUT2D eigenvalue weighted by Gasteiger charge is 2.28. The number of hydrogen-bond acceptors (Lipinski definition) is 7. The van der Waals surface area contributed by atoms with Gasteiger partial charge in [-0.05, 0) is 39.0 Å². The van der Waals surface area contributed by atoms with Gasteiger partial charge in [-0.15, -0.1) is 0 Å². The lowest BCUT2D eigenvalue weighted by molar-refractivity contribution is -0.384. The fraction of sp³-hybridized carbons (Fsp3) is 0.227. The Balaban J connectivity index is 1.74. The molecular weight excluding hydrogens is 450 g/mol. The molecule has 33 heavy (non-hydrogen) atoms. The molecule has 10 nitrogen and oxygen atoms in total. The number of hydrogen-bond donors (Lipinski definition) is 1. The molecule has 11 heteroatoms. The van der Waals surface area contributed by atoms with Gasteiger partial charge in [-0.2, -0.15) is 0 Å². The predicted octanol–water partition coefficient (Wildman–Crippen LogP) is 3.20. The number of nitro benzene ring substituents is 1. The van der Waals surface area contributed by atoms with Crippen LogP contribution in [0, 0.1) is 30.9 Å². The molecule has 1 amide bonds. The lowest BCUT2D eigenvalue weighted by Crippen LogP contribution is -2.30. The zero-order chi connectivity index (χ0) is 23.9. The average Bonchev–Trinajstić information content (AvgIpc) is 3.06. The van der Waals surface area contributed by atoms with Crippen LogP contribution in [-0.2, 0) is 10.0 Å². The van der Waals surface area contributed by atoms with E-state index in [9.17, 15) is 23.3 Å². The highest BCUT2D eigenvalue weighted by atomic mass is 32.2. The fourth-order valence-corrected chi connectivity index (χ4v) is 4.68. The van der Waals surface area contributed by atoms with E-state index in [1.165, 1.54) is 34.9 Å². The molecule has 2 aromatic carbocycles. The number of aryl methyl sites for hydroxylation is 2. The van der Waals surface area contributed by atoms with Gasteiger partial charge in [0.05, 0.1) is 21.4 Å². The van der Waals surface area contributed by atoms with Gasteiger partial charge in [-0.25, -0.2) is 13.1 Å². The summed E-state index contributed by atoms with van der Waals surface area (Å²) in [6, 6.07) is 10.3. The van der Waals surface area contributed by atoms with Gasteiger partial charge in [0.2, 0.25) is 0 Å². The van der Waals surface area contributed by atoms with E-state index in [-0.39, 0.29) is 34.2 Å². The molecule has 0 bridgehead atoms. The maximum Gasteiger partial charge on any atom is 0.297 e. The predicted molar refractivity (Wildman–Crippen MR) is 119 cm³/mol. The Bertz CT molecular complexity index is 1380. The molecule has 172 valence electrons. The van der Waals surface area contributed by atoms with E-state index >= 15 is 0 Å². The summed E-state index contributed by atoms with van der Waals surface area (Å²) in [5, 5.41) is 11.7. The van der Waals surface area contributed by atoms with Crippen LogP contribution in [0.2, 0.25) is 0 Å². The van der Waals surface area contributed by atoms with Crippen molar-refractivity contribution in [2.24, 2.45) is 0 Å². The van der Waals surface area contributed by atoms with Crippen molar-refractivity contribution in [3.63, 3.8) is 0 Å². The normalized spacial score (nSPS) is 12.9. The Morgan fingerprint density at radius 2 is 1.64 bits per heavy atom. The first-order valence-electron chi connectivity index (χ1n) is 9.99. The zero-order valence-electron chi connectivity index (χ0n) is 18.1. The number of carbonyl (C=O) groups is 1. The molecule has 1 aliphatic heterocycles. The number of nitro groups is 1. The van der Waals surface area contributed by atoms with Gasteiger partial charge in [-0.3, -0.25) is 14.9 Å². The summed E-state index contributed by atoms with van der Waals surface area (Å²) < 4.78 is 39.9. The van der Waals surface area contributed by atoms with E-state index in [4.69, 9.17) is 9.47 Å². The van der Waals surface area contributed by atoms with Gasteiger partial charge in [0.1, 0.15) is 18.9 Å². The van der Waals surface area contributed by atoms with Crippen molar-refractivity contribution in [3.05, 3.63) is 75.1 Å². The molecule has 0 unspecified atom stereocenters. The fourth-order valence-electron chi connectivity index (χ4n) is 3.71. The molecular formula is C22H21N3O7S. The Hall–Kier alpha value is -3.86. The van der Waals surface area contributed by atoms with Gasteiger partial charge in [0, 0.05) is 17.5 Å². The molecule has 0 saturated carbocycles. The van der Waals surface area contributed by atoms with Crippen LogP contribution in [0.15, 0.2) is 47.4 Å². The maximum absolute atomic E-state index is 12.9. The molecule has 2 heterocycles. The van der Waals surface area contributed by atoms with Gasteiger partial charge in [-0.1, -0.05) is 17.7 Å². The molecule has 0 spiro atoms. The second kappa shape index (κ2) is 8.24. The van der Waals surface area contributed by atoms with Crippen LogP contribution < -0.4 is 14.2 Å². The van der Waals surface area contributed by atoms with E-state index in [1.807, 2.05) is 6.92 Å². The third-order valence-electron chi connectivity index (χ3n) is 5.31. The van der Waals surface area contributed by atoms with E-state index in [0.29, 0.717) is 23.7 Å². The van der Waals surface area contributed by atoms with Crippen LogP contribution in [0.25, 0.3) is 5.69 Å². The minimum atomic E-state index is -4.10. The zero-order valence-corrected chi connectivity index (χ0v) is 18.9.